The highest BCUT2D eigenvalue weighted by atomic mass is 79.9. The predicted octanol–water partition coefficient (Wildman–Crippen LogP) is 4.43. The number of nitrogens with one attached hydrogen (secondary N) is 1. The Labute approximate surface area is 124 Å². The lowest BCUT2D eigenvalue weighted by molar-refractivity contribution is -0.274. The molecule has 0 bridgehead atoms. The van der Waals surface area contributed by atoms with E-state index < -0.39 is 6.36 Å². The molecule has 1 N–H and O–H groups in total. The maximum atomic E-state index is 12.3. The molecule has 0 saturated carbocycles. The van der Waals surface area contributed by atoms with Crippen LogP contribution in [-0.2, 0) is 4.74 Å². The number of ether oxygens (including phenoxy) is 2. The van der Waals surface area contributed by atoms with Gasteiger partial charge in [0.1, 0.15) is 0 Å². The van der Waals surface area contributed by atoms with Gasteiger partial charge in [0.15, 0.2) is 5.75 Å². The fourth-order valence-corrected chi connectivity index (χ4v) is 1.77. The van der Waals surface area contributed by atoms with Gasteiger partial charge in [0, 0.05) is 17.6 Å². The maximum Gasteiger partial charge on any atom is 0.573 e. The second-order valence-corrected chi connectivity index (χ2v) is 5.50. The topological polar surface area (TPSA) is 30.5 Å². The van der Waals surface area contributed by atoms with Gasteiger partial charge in [-0.1, -0.05) is 29.8 Å². The normalized spacial score (nSPS) is 11.8. The molecule has 114 valence electrons. The van der Waals surface area contributed by atoms with Crippen LogP contribution < -0.4 is 10.1 Å². The smallest absolute Gasteiger partial charge is 0.404 e. The van der Waals surface area contributed by atoms with Crippen molar-refractivity contribution < 1.29 is 22.6 Å². The van der Waals surface area contributed by atoms with E-state index in [-0.39, 0.29) is 11.4 Å². The van der Waals surface area contributed by atoms with Gasteiger partial charge in [-0.15, -0.1) is 13.2 Å². The number of anilines is 1. The standard InChI is InChI=1S/C13H17BrF3NO2/c1-9(2)8-19-6-5-18-11-4-3-10(14)7-12(11)20-13(15,16)17/h3-4,7,9,18H,5-6,8H2,1-2H3. The van der Waals surface area contributed by atoms with Gasteiger partial charge >= 0.3 is 6.36 Å². The summed E-state index contributed by atoms with van der Waals surface area (Å²) in [5, 5.41) is 2.87. The molecule has 0 aromatic heterocycles. The van der Waals surface area contributed by atoms with Gasteiger partial charge in [-0.25, -0.2) is 0 Å². The van der Waals surface area contributed by atoms with E-state index in [2.05, 4.69) is 26.0 Å². The summed E-state index contributed by atoms with van der Waals surface area (Å²) in [5.41, 5.74) is 0.277. The Morgan fingerprint density at radius 1 is 1.30 bits per heavy atom. The Morgan fingerprint density at radius 2 is 2.00 bits per heavy atom. The van der Waals surface area contributed by atoms with Crippen LogP contribution in [0.3, 0.4) is 0 Å². The van der Waals surface area contributed by atoms with E-state index in [0.717, 1.165) is 0 Å². The van der Waals surface area contributed by atoms with E-state index in [1.165, 1.54) is 12.1 Å². The van der Waals surface area contributed by atoms with E-state index in [4.69, 9.17) is 4.74 Å². The first kappa shape index (κ1) is 17.1. The molecule has 1 aromatic carbocycles. The molecule has 1 aromatic rings. The molecule has 0 heterocycles. The summed E-state index contributed by atoms with van der Waals surface area (Å²) in [6, 6.07) is 4.43. The van der Waals surface area contributed by atoms with Crippen LogP contribution in [-0.4, -0.2) is 26.1 Å². The zero-order valence-corrected chi connectivity index (χ0v) is 12.8. The second kappa shape index (κ2) is 7.73. The third kappa shape index (κ3) is 7.00. The van der Waals surface area contributed by atoms with Crippen molar-refractivity contribution in [2.24, 2.45) is 5.92 Å². The Hall–Kier alpha value is -0.950. The van der Waals surface area contributed by atoms with Gasteiger partial charge in [-0.2, -0.15) is 0 Å². The molecule has 0 atom stereocenters. The molecule has 0 unspecified atom stereocenters. The van der Waals surface area contributed by atoms with Crippen molar-refractivity contribution in [3.05, 3.63) is 22.7 Å². The summed E-state index contributed by atoms with van der Waals surface area (Å²) in [6.07, 6.45) is -4.72. The lowest BCUT2D eigenvalue weighted by Crippen LogP contribution is -2.19. The third-order valence-corrected chi connectivity index (χ3v) is 2.68. The summed E-state index contributed by atoms with van der Waals surface area (Å²) in [4.78, 5) is 0. The van der Waals surface area contributed by atoms with Crippen molar-refractivity contribution in [3.63, 3.8) is 0 Å². The highest BCUT2D eigenvalue weighted by molar-refractivity contribution is 9.10. The summed E-state index contributed by atoms with van der Waals surface area (Å²) >= 11 is 3.11. The second-order valence-electron chi connectivity index (χ2n) is 4.58. The van der Waals surface area contributed by atoms with Gasteiger partial charge in [0.25, 0.3) is 0 Å². The zero-order chi connectivity index (χ0) is 15.2. The number of benzene rings is 1. The first-order chi connectivity index (χ1) is 9.28. The molecule has 0 amide bonds. The van der Waals surface area contributed by atoms with E-state index >= 15 is 0 Å². The van der Waals surface area contributed by atoms with Crippen LogP contribution in [0.4, 0.5) is 18.9 Å². The summed E-state index contributed by atoms with van der Waals surface area (Å²) in [6.45, 7) is 5.49. The van der Waals surface area contributed by atoms with Gasteiger partial charge in [-0.3, -0.25) is 0 Å². The SMILES string of the molecule is CC(C)COCCNc1ccc(Br)cc1OC(F)(F)F. The number of hydrogen-bond donors (Lipinski definition) is 1. The third-order valence-electron chi connectivity index (χ3n) is 2.18. The molecule has 0 aliphatic rings. The monoisotopic (exact) mass is 355 g/mol. The fraction of sp³-hybridized carbons (Fsp3) is 0.538. The van der Waals surface area contributed by atoms with Crippen molar-refractivity contribution in [2.75, 3.05) is 25.1 Å². The molecule has 0 radical (unpaired) electrons. The maximum absolute atomic E-state index is 12.3. The van der Waals surface area contributed by atoms with Crippen molar-refractivity contribution in [3.8, 4) is 5.75 Å². The van der Waals surface area contributed by atoms with Crippen LogP contribution in [0.15, 0.2) is 22.7 Å². The molecule has 1 rings (SSSR count). The Morgan fingerprint density at radius 3 is 2.60 bits per heavy atom. The van der Waals surface area contributed by atoms with Crippen LogP contribution in [0.5, 0.6) is 5.75 Å². The van der Waals surface area contributed by atoms with Crippen molar-refractivity contribution in [1.29, 1.82) is 0 Å². The summed E-state index contributed by atoms with van der Waals surface area (Å²) < 4.78 is 46.7. The Balaban J connectivity index is 2.56. The number of alkyl halides is 3. The van der Waals surface area contributed by atoms with Crippen LogP contribution in [0.2, 0.25) is 0 Å². The minimum absolute atomic E-state index is 0.268. The minimum atomic E-state index is -4.72. The average molecular weight is 356 g/mol. The number of hydrogen-bond acceptors (Lipinski definition) is 3. The highest BCUT2D eigenvalue weighted by Crippen LogP contribution is 2.32. The Kier molecular flexibility index (Phi) is 6.61. The molecular formula is C13H17BrF3NO2. The van der Waals surface area contributed by atoms with Crippen LogP contribution in [0.1, 0.15) is 13.8 Å². The lowest BCUT2D eigenvalue weighted by atomic mass is 10.2. The van der Waals surface area contributed by atoms with Gasteiger partial charge in [0.05, 0.1) is 12.3 Å². The van der Waals surface area contributed by atoms with E-state index in [1.54, 1.807) is 6.07 Å². The summed E-state index contributed by atoms with van der Waals surface area (Å²) in [7, 11) is 0. The van der Waals surface area contributed by atoms with E-state index in [1.807, 2.05) is 13.8 Å². The quantitative estimate of drug-likeness (QED) is 0.733. The lowest BCUT2D eigenvalue weighted by Gasteiger charge is -2.15. The van der Waals surface area contributed by atoms with Crippen molar-refractivity contribution in [2.45, 2.75) is 20.2 Å². The van der Waals surface area contributed by atoms with Crippen LogP contribution >= 0.6 is 15.9 Å². The van der Waals surface area contributed by atoms with Gasteiger partial charge in [-0.05, 0) is 24.1 Å². The molecule has 3 nitrogen and oxygen atoms in total. The Bertz CT molecular complexity index is 425. The van der Waals surface area contributed by atoms with Gasteiger partial charge in [0.2, 0.25) is 0 Å². The molecular weight excluding hydrogens is 339 g/mol. The fourth-order valence-electron chi connectivity index (χ4n) is 1.43. The molecule has 0 fully saturated rings. The number of rotatable bonds is 7. The van der Waals surface area contributed by atoms with Crippen molar-refractivity contribution >= 4 is 21.6 Å². The molecule has 0 aliphatic heterocycles. The molecule has 0 saturated heterocycles. The molecule has 7 heteroatoms. The van der Waals surface area contributed by atoms with E-state index in [9.17, 15) is 13.2 Å². The first-order valence-electron chi connectivity index (χ1n) is 6.15. The zero-order valence-electron chi connectivity index (χ0n) is 11.3. The van der Waals surface area contributed by atoms with E-state index in [0.29, 0.717) is 30.1 Å². The van der Waals surface area contributed by atoms with Crippen LogP contribution in [0.25, 0.3) is 0 Å². The summed E-state index contributed by atoms with van der Waals surface area (Å²) in [5.74, 6) is 0.155. The van der Waals surface area contributed by atoms with Crippen molar-refractivity contribution in [1.82, 2.24) is 0 Å². The highest BCUT2D eigenvalue weighted by Gasteiger charge is 2.32. The average Bonchev–Trinajstić information content (AvgIpc) is 2.28. The molecule has 20 heavy (non-hydrogen) atoms. The minimum Gasteiger partial charge on any atom is -0.404 e. The predicted molar refractivity (Wildman–Crippen MR) is 75.0 cm³/mol. The first-order valence-corrected chi connectivity index (χ1v) is 6.94. The molecule has 0 aliphatic carbocycles. The van der Waals surface area contributed by atoms with Gasteiger partial charge < -0.3 is 14.8 Å². The number of halogens is 4. The molecule has 0 spiro atoms. The largest absolute Gasteiger partial charge is 0.573 e. The van der Waals surface area contributed by atoms with Crippen LogP contribution in [0, 0.1) is 5.92 Å².